The Labute approximate surface area is 175 Å². The van der Waals surface area contributed by atoms with Crippen molar-refractivity contribution in [3.63, 3.8) is 0 Å². The van der Waals surface area contributed by atoms with E-state index in [-0.39, 0.29) is 12.6 Å². The zero-order valence-electron chi connectivity index (χ0n) is 17.1. The molecule has 1 aromatic carbocycles. The number of aromatic nitrogens is 2. The van der Waals surface area contributed by atoms with Gasteiger partial charge in [-0.25, -0.2) is 18.7 Å². The molecule has 8 heteroatoms. The summed E-state index contributed by atoms with van der Waals surface area (Å²) >= 11 is 0. The van der Waals surface area contributed by atoms with Gasteiger partial charge in [0.1, 0.15) is 18.0 Å². The van der Waals surface area contributed by atoms with Crippen LogP contribution in [0.3, 0.4) is 0 Å². The Hall–Kier alpha value is -2.32. The Morgan fingerprint density at radius 3 is 2.60 bits per heavy atom. The van der Waals surface area contributed by atoms with Crippen LogP contribution in [0.15, 0.2) is 30.6 Å². The van der Waals surface area contributed by atoms with E-state index in [0.717, 1.165) is 68.9 Å². The number of benzene rings is 1. The molecule has 0 radical (unpaired) electrons. The molecule has 1 atom stereocenters. The Morgan fingerprint density at radius 2 is 1.83 bits per heavy atom. The fourth-order valence-corrected chi connectivity index (χ4v) is 4.42. The van der Waals surface area contributed by atoms with Crippen molar-refractivity contribution in [2.45, 2.75) is 50.7 Å². The summed E-state index contributed by atoms with van der Waals surface area (Å²) in [6, 6.07) is 6.52. The zero-order chi connectivity index (χ0) is 20.9. The van der Waals surface area contributed by atoms with Crippen molar-refractivity contribution in [2.75, 3.05) is 36.5 Å². The van der Waals surface area contributed by atoms with E-state index in [2.05, 4.69) is 25.1 Å². The third kappa shape index (κ3) is 5.05. The van der Waals surface area contributed by atoms with Gasteiger partial charge < -0.3 is 15.3 Å². The highest BCUT2D eigenvalue weighted by atomic mass is 19.2. The molecule has 0 aliphatic carbocycles. The summed E-state index contributed by atoms with van der Waals surface area (Å²) in [5, 5.41) is 13.2. The SMILES string of the molecule is OCC1CCCCN1c1cc(NC2CCN(Cc3ccc(F)c(F)c3)CC2)ncn1. The van der Waals surface area contributed by atoms with Crippen LogP contribution in [-0.2, 0) is 6.54 Å². The molecular weight excluding hydrogens is 388 g/mol. The van der Waals surface area contributed by atoms with E-state index in [4.69, 9.17) is 0 Å². The highest BCUT2D eigenvalue weighted by molar-refractivity contribution is 5.50. The molecule has 2 fully saturated rings. The second-order valence-corrected chi connectivity index (χ2v) is 8.23. The summed E-state index contributed by atoms with van der Waals surface area (Å²) in [6.07, 6.45) is 6.72. The molecule has 1 unspecified atom stereocenters. The molecule has 162 valence electrons. The van der Waals surface area contributed by atoms with Gasteiger partial charge in [0, 0.05) is 38.3 Å². The number of aliphatic hydroxyl groups is 1. The number of nitrogens with zero attached hydrogens (tertiary/aromatic N) is 4. The number of halogens is 2. The van der Waals surface area contributed by atoms with Crippen molar-refractivity contribution in [3.8, 4) is 0 Å². The van der Waals surface area contributed by atoms with Crippen LogP contribution in [0.5, 0.6) is 0 Å². The number of piperidine rings is 2. The zero-order valence-corrected chi connectivity index (χ0v) is 17.1. The van der Waals surface area contributed by atoms with Crippen molar-refractivity contribution in [1.82, 2.24) is 14.9 Å². The monoisotopic (exact) mass is 417 g/mol. The van der Waals surface area contributed by atoms with E-state index in [9.17, 15) is 13.9 Å². The number of hydrogen-bond donors (Lipinski definition) is 2. The molecule has 0 saturated carbocycles. The van der Waals surface area contributed by atoms with Crippen LogP contribution in [-0.4, -0.2) is 58.3 Å². The van der Waals surface area contributed by atoms with E-state index in [1.165, 1.54) is 12.1 Å². The molecule has 2 saturated heterocycles. The third-order valence-electron chi connectivity index (χ3n) is 6.11. The summed E-state index contributed by atoms with van der Waals surface area (Å²) in [5.41, 5.74) is 0.792. The number of rotatable bonds is 6. The van der Waals surface area contributed by atoms with Crippen molar-refractivity contribution in [3.05, 3.63) is 47.8 Å². The lowest BCUT2D eigenvalue weighted by molar-refractivity contribution is 0.211. The molecule has 3 heterocycles. The lowest BCUT2D eigenvalue weighted by Gasteiger charge is -2.36. The van der Waals surface area contributed by atoms with Crippen LogP contribution in [0.25, 0.3) is 0 Å². The molecule has 2 aromatic rings. The van der Waals surface area contributed by atoms with Crippen molar-refractivity contribution in [1.29, 1.82) is 0 Å². The molecule has 0 amide bonds. The van der Waals surface area contributed by atoms with Crippen LogP contribution in [0.1, 0.15) is 37.7 Å². The van der Waals surface area contributed by atoms with E-state index >= 15 is 0 Å². The summed E-state index contributed by atoms with van der Waals surface area (Å²) in [4.78, 5) is 13.2. The Bertz CT molecular complexity index is 844. The van der Waals surface area contributed by atoms with E-state index < -0.39 is 11.6 Å². The standard InChI is InChI=1S/C22H29F2N5O/c23-19-5-4-16(11-20(19)24)13-28-9-6-17(7-10-28)27-21-12-22(26-15-25-21)29-8-2-1-3-18(29)14-30/h4-5,11-12,15,17-18,30H,1-3,6-10,13-14H2,(H,25,26,27). The molecule has 30 heavy (non-hydrogen) atoms. The van der Waals surface area contributed by atoms with Crippen LogP contribution in [0.2, 0.25) is 0 Å². The van der Waals surface area contributed by atoms with Gasteiger partial charge in [-0.05, 0) is 49.8 Å². The van der Waals surface area contributed by atoms with Crippen LogP contribution >= 0.6 is 0 Å². The molecule has 2 aliphatic heterocycles. The lowest BCUT2D eigenvalue weighted by Crippen LogP contribution is -2.42. The van der Waals surface area contributed by atoms with Gasteiger partial charge in [0.2, 0.25) is 0 Å². The molecule has 1 aromatic heterocycles. The quantitative estimate of drug-likeness (QED) is 0.753. The molecule has 2 aliphatic rings. The summed E-state index contributed by atoms with van der Waals surface area (Å²) in [5.74, 6) is 0.0739. The number of aliphatic hydroxyl groups excluding tert-OH is 1. The summed E-state index contributed by atoms with van der Waals surface area (Å²) in [6.45, 7) is 3.44. The average molecular weight is 418 g/mol. The number of nitrogens with one attached hydrogen (secondary N) is 1. The highest BCUT2D eigenvalue weighted by Crippen LogP contribution is 2.25. The van der Waals surface area contributed by atoms with E-state index in [1.807, 2.05) is 6.07 Å². The first-order chi connectivity index (χ1) is 14.6. The van der Waals surface area contributed by atoms with Gasteiger partial charge in [-0.1, -0.05) is 6.07 Å². The van der Waals surface area contributed by atoms with Crippen molar-refractivity contribution < 1.29 is 13.9 Å². The van der Waals surface area contributed by atoms with Gasteiger partial charge in [0.15, 0.2) is 11.6 Å². The number of likely N-dealkylation sites (tertiary alicyclic amines) is 1. The largest absolute Gasteiger partial charge is 0.394 e. The Kier molecular flexibility index (Phi) is 6.74. The third-order valence-corrected chi connectivity index (χ3v) is 6.11. The maximum Gasteiger partial charge on any atom is 0.159 e. The molecule has 2 N–H and O–H groups in total. The number of anilines is 2. The molecule has 0 spiro atoms. The van der Waals surface area contributed by atoms with Crippen LogP contribution < -0.4 is 10.2 Å². The van der Waals surface area contributed by atoms with E-state index in [0.29, 0.717) is 12.6 Å². The van der Waals surface area contributed by atoms with Gasteiger partial charge >= 0.3 is 0 Å². The fraction of sp³-hybridized carbons (Fsp3) is 0.545. The predicted molar refractivity (Wildman–Crippen MR) is 112 cm³/mol. The first-order valence-electron chi connectivity index (χ1n) is 10.7. The van der Waals surface area contributed by atoms with Crippen LogP contribution in [0.4, 0.5) is 20.4 Å². The molecule has 4 rings (SSSR count). The first kappa shape index (κ1) is 20.9. The summed E-state index contributed by atoms with van der Waals surface area (Å²) < 4.78 is 26.5. The van der Waals surface area contributed by atoms with Crippen molar-refractivity contribution >= 4 is 11.6 Å². The number of hydrogen-bond acceptors (Lipinski definition) is 6. The molecular formula is C22H29F2N5O. The van der Waals surface area contributed by atoms with Gasteiger partial charge in [0.05, 0.1) is 12.6 Å². The molecule has 0 bridgehead atoms. The minimum atomic E-state index is -0.805. The summed E-state index contributed by atoms with van der Waals surface area (Å²) in [7, 11) is 0. The predicted octanol–water partition coefficient (Wildman–Crippen LogP) is 3.18. The lowest BCUT2D eigenvalue weighted by atomic mass is 10.0. The minimum absolute atomic E-state index is 0.126. The fourth-order valence-electron chi connectivity index (χ4n) is 4.42. The Morgan fingerprint density at radius 1 is 1.00 bits per heavy atom. The maximum absolute atomic E-state index is 13.4. The topological polar surface area (TPSA) is 64.5 Å². The maximum atomic E-state index is 13.4. The minimum Gasteiger partial charge on any atom is -0.394 e. The second-order valence-electron chi connectivity index (χ2n) is 8.23. The average Bonchev–Trinajstić information content (AvgIpc) is 2.78. The van der Waals surface area contributed by atoms with Gasteiger partial charge in [0.25, 0.3) is 0 Å². The second kappa shape index (κ2) is 9.66. The van der Waals surface area contributed by atoms with E-state index in [1.54, 1.807) is 12.4 Å². The normalized spacial score (nSPS) is 21.0. The van der Waals surface area contributed by atoms with Gasteiger partial charge in [-0.3, -0.25) is 4.90 Å². The Balaban J connectivity index is 1.31. The highest BCUT2D eigenvalue weighted by Gasteiger charge is 2.24. The van der Waals surface area contributed by atoms with Crippen molar-refractivity contribution in [2.24, 2.45) is 0 Å². The van der Waals surface area contributed by atoms with Crippen LogP contribution in [0, 0.1) is 11.6 Å². The smallest absolute Gasteiger partial charge is 0.159 e. The first-order valence-corrected chi connectivity index (χ1v) is 10.7. The molecule has 6 nitrogen and oxygen atoms in total. The van der Waals surface area contributed by atoms with Gasteiger partial charge in [-0.2, -0.15) is 0 Å². The van der Waals surface area contributed by atoms with Gasteiger partial charge in [-0.15, -0.1) is 0 Å².